The standard InChI is InChI=1S/C10H19N3S/c1-3-9(4-11)5-13(2)6-10-7-14-8-12-10/h7-9H,3-6,11H2,1-2H3. The molecule has 1 heterocycles. The van der Waals surface area contributed by atoms with Gasteiger partial charge in [-0.2, -0.15) is 0 Å². The van der Waals surface area contributed by atoms with Gasteiger partial charge in [-0.05, 0) is 19.5 Å². The van der Waals surface area contributed by atoms with Gasteiger partial charge in [-0.1, -0.05) is 13.3 Å². The van der Waals surface area contributed by atoms with Gasteiger partial charge in [0, 0.05) is 18.5 Å². The van der Waals surface area contributed by atoms with Gasteiger partial charge < -0.3 is 10.6 Å². The second kappa shape index (κ2) is 6.11. The van der Waals surface area contributed by atoms with Crippen molar-refractivity contribution in [2.24, 2.45) is 11.7 Å². The molecule has 4 heteroatoms. The molecule has 80 valence electrons. The van der Waals surface area contributed by atoms with Gasteiger partial charge in [0.1, 0.15) is 0 Å². The first-order valence-corrected chi connectivity index (χ1v) is 5.96. The van der Waals surface area contributed by atoms with Crippen LogP contribution in [0.3, 0.4) is 0 Å². The number of hydrogen-bond acceptors (Lipinski definition) is 4. The van der Waals surface area contributed by atoms with E-state index in [0.717, 1.165) is 31.7 Å². The van der Waals surface area contributed by atoms with Crippen molar-refractivity contribution in [2.45, 2.75) is 19.9 Å². The maximum Gasteiger partial charge on any atom is 0.0795 e. The molecule has 1 rings (SSSR count). The number of rotatable bonds is 6. The van der Waals surface area contributed by atoms with Crippen LogP contribution in [0.2, 0.25) is 0 Å². The third-order valence-electron chi connectivity index (χ3n) is 2.40. The molecule has 3 nitrogen and oxygen atoms in total. The van der Waals surface area contributed by atoms with Gasteiger partial charge in [0.2, 0.25) is 0 Å². The van der Waals surface area contributed by atoms with E-state index in [1.165, 1.54) is 0 Å². The Labute approximate surface area is 89.9 Å². The summed E-state index contributed by atoms with van der Waals surface area (Å²) in [6.07, 6.45) is 1.15. The largest absolute Gasteiger partial charge is 0.330 e. The quantitative estimate of drug-likeness (QED) is 0.780. The van der Waals surface area contributed by atoms with Gasteiger partial charge in [0.05, 0.1) is 11.2 Å². The van der Waals surface area contributed by atoms with Crippen LogP contribution in [0, 0.1) is 5.92 Å². The fourth-order valence-corrected chi connectivity index (χ4v) is 2.02. The minimum Gasteiger partial charge on any atom is -0.330 e. The molecule has 0 radical (unpaired) electrons. The maximum atomic E-state index is 5.66. The first kappa shape index (κ1) is 11.6. The Balaban J connectivity index is 2.31. The van der Waals surface area contributed by atoms with Crippen LogP contribution < -0.4 is 5.73 Å². The van der Waals surface area contributed by atoms with E-state index in [9.17, 15) is 0 Å². The molecule has 0 saturated carbocycles. The predicted molar refractivity (Wildman–Crippen MR) is 61.3 cm³/mol. The lowest BCUT2D eigenvalue weighted by Gasteiger charge is -2.21. The van der Waals surface area contributed by atoms with Gasteiger partial charge in [0.25, 0.3) is 0 Å². The summed E-state index contributed by atoms with van der Waals surface area (Å²) in [4.78, 5) is 6.55. The monoisotopic (exact) mass is 213 g/mol. The Morgan fingerprint density at radius 3 is 2.93 bits per heavy atom. The zero-order chi connectivity index (χ0) is 10.4. The predicted octanol–water partition coefficient (Wildman–Crippen LogP) is 1.56. The van der Waals surface area contributed by atoms with Crippen LogP contribution in [0.5, 0.6) is 0 Å². The van der Waals surface area contributed by atoms with Crippen LogP contribution >= 0.6 is 11.3 Å². The minimum absolute atomic E-state index is 0.610. The highest BCUT2D eigenvalue weighted by Gasteiger charge is 2.08. The van der Waals surface area contributed by atoms with E-state index in [2.05, 4.69) is 29.2 Å². The molecule has 0 spiro atoms. The van der Waals surface area contributed by atoms with Crippen LogP contribution in [0.1, 0.15) is 19.0 Å². The van der Waals surface area contributed by atoms with Gasteiger partial charge in [0.15, 0.2) is 0 Å². The van der Waals surface area contributed by atoms with E-state index < -0.39 is 0 Å². The minimum atomic E-state index is 0.610. The number of thiazole rings is 1. The van der Waals surface area contributed by atoms with Crippen LogP contribution in [0.4, 0.5) is 0 Å². The SMILES string of the molecule is CCC(CN)CN(C)Cc1cscn1. The summed E-state index contributed by atoms with van der Waals surface area (Å²) in [7, 11) is 2.12. The van der Waals surface area contributed by atoms with E-state index in [-0.39, 0.29) is 0 Å². The molecule has 1 aromatic heterocycles. The molecule has 2 N–H and O–H groups in total. The zero-order valence-corrected chi connectivity index (χ0v) is 9.76. The van der Waals surface area contributed by atoms with Gasteiger partial charge in [-0.25, -0.2) is 4.98 Å². The van der Waals surface area contributed by atoms with Crippen molar-refractivity contribution in [3.63, 3.8) is 0 Å². The third-order valence-corrected chi connectivity index (χ3v) is 3.03. The molecule has 0 aliphatic rings. The van der Waals surface area contributed by atoms with Crippen molar-refractivity contribution < 1.29 is 0 Å². The van der Waals surface area contributed by atoms with Crippen LogP contribution in [-0.4, -0.2) is 30.0 Å². The second-order valence-corrected chi connectivity index (χ2v) is 4.41. The average Bonchev–Trinajstić information content (AvgIpc) is 2.66. The highest BCUT2D eigenvalue weighted by molar-refractivity contribution is 7.07. The molecular weight excluding hydrogens is 194 g/mol. The van der Waals surface area contributed by atoms with Crippen molar-refractivity contribution in [3.05, 3.63) is 16.6 Å². The Morgan fingerprint density at radius 1 is 1.64 bits per heavy atom. The molecule has 0 saturated heterocycles. The summed E-state index contributed by atoms with van der Waals surface area (Å²) in [6, 6.07) is 0. The number of hydrogen-bond donors (Lipinski definition) is 1. The van der Waals surface area contributed by atoms with E-state index in [1.54, 1.807) is 11.3 Å². The molecular formula is C10H19N3S. The van der Waals surface area contributed by atoms with Crippen LogP contribution in [0.15, 0.2) is 10.9 Å². The molecule has 0 amide bonds. The fourth-order valence-electron chi connectivity index (χ4n) is 1.47. The fraction of sp³-hybridized carbons (Fsp3) is 0.700. The Hall–Kier alpha value is -0.450. The third kappa shape index (κ3) is 3.74. The Kier molecular flexibility index (Phi) is 5.07. The molecule has 0 aliphatic heterocycles. The number of aromatic nitrogens is 1. The highest BCUT2D eigenvalue weighted by Crippen LogP contribution is 2.07. The maximum absolute atomic E-state index is 5.66. The molecule has 1 unspecified atom stereocenters. The van der Waals surface area contributed by atoms with Crippen molar-refractivity contribution in [1.29, 1.82) is 0 Å². The molecule has 1 atom stereocenters. The molecule has 14 heavy (non-hydrogen) atoms. The lowest BCUT2D eigenvalue weighted by atomic mass is 10.1. The summed E-state index contributed by atoms with van der Waals surface area (Å²) >= 11 is 1.65. The molecule has 0 aromatic carbocycles. The second-order valence-electron chi connectivity index (χ2n) is 3.69. The zero-order valence-electron chi connectivity index (χ0n) is 8.94. The number of nitrogens with two attached hydrogens (primary N) is 1. The lowest BCUT2D eigenvalue weighted by Crippen LogP contribution is -2.29. The van der Waals surface area contributed by atoms with Crippen molar-refractivity contribution >= 4 is 11.3 Å². The summed E-state index contributed by atoms with van der Waals surface area (Å²) in [5, 5.41) is 2.10. The van der Waals surface area contributed by atoms with Crippen molar-refractivity contribution in [3.8, 4) is 0 Å². The summed E-state index contributed by atoms with van der Waals surface area (Å²) in [5.74, 6) is 0.610. The van der Waals surface area contributed by atoms with E-state index in [4.69, 9.17) is 5.73 Å². The lowest BCUT2D eigenvalue weighted by molar-refractivity contribution is 0.265. The topological polar surface area (TPSA) is 42.1 Å². The number of nitrogens with zero attached hydrogens (tertiary/aromatic N) is 2. The van der Waals surface area contributed by atoms with Crippen molar-refractivity contribution in [1.82, 2.24) is 9.88 Å². The summed E-state index contributed by atoms with van der Waals surface area (Å²) in [6.45, 7) is 4.96. The smallest absolute Gasteiger partial charge is 0.0795 e. The summed E-state index contributed by atoms with van der Waals surface area (Å²) < 4.78 is 0. The molecule has 1 aromatic rings. The summed E-state index contributed by atoms with van der Waals surface area (Å²) in [5.41, 5.74) is 8.70. The first-order valence-electron chi connectivity index (χ1n) is 5.02. The normalized spacial score (nSPS) is 13.4. The molecule has 0 aliphatic carbocycles. The Morgan fingerprint density at radius 2 is 2.43 bits per heavy atom. The van der Waals surface area contributed by atoms with Gasteiger partial charge in [-0.3, -0.25) is 0 Å². The van der Waals surface area contributed by atoms with Crippen LogP contribution in [0.25, 0.3) is 0 Å². The van der Waals surface area contributed by atoms with Crippen molar-refractivity contribution in [2.75, 3.05) is 20.1 Å². The van der Waals surface area contributed by atoms with Gasteiger partial charge in [-0.15, -0.1) is 11.3 Å². The first-order chi connectivity index (χ1) is 6.76. The molecule has 0 fully saturated rings. The van der Waals surface area contributed by atoms with E-state index >= 15 is 0 Å². The molecule has 0 bridgehead atoms. The average molecular weight is 213 g/mol. The van der Waals surface area contributed by atoms with E-state index in [0.29, 0.717) is 5.92 Å². The van der Waals surface area contributed by atoms with Gasteiger partial charge >= 0.3 is 0 Å². The highest BCUT2D eigenvalue weighted by atomic mass is 32.1. The van der Waals surface area contributed by atoms with E-state index in [1.807, 2.05) is 5.51 Å². The van der Waals surface area contributed by atoms with Crippen LogP contribution in [-0.2, 0) is 6.54 Å². The Bertz CT molecular complexity index is 232.